The fourth-order valence-electron chi connectivity index (χ4n) is 1.60. The number of carboxylic acid groups (broad SMARTS) is 1. The molecule has 0 radical (unpaired) electrons. The summed E-state index contributed by atoms with van der Waals surface area (Å²) in [4.78, 5) is 23.7. The molecular formula is C14H17NO4S. The Hall–Kier alpha value is -1.82. The molecule has 1 aromatic carbocycles. The molecule has 0 unspecified atom stereocenters. The molecule has 0 amide bonds. The zero-order valence-corrected chi connectivity index (χ0v) is 12.4. The minimum atomic E-state index is -2.09. The second-order valence-electron chi connectivity index (χ2n) is 5.42. The third kappa shape index (κ3) is 3.84. The molecule has 0 aliphatic heterocycles. The van der Waals surface area contributed by atoms with Gasteiger partial charge in [-0.05, 0) is 26.3 Å². The predicted octanol–water partition coefficient (Wildman–Crippen LogP) is 2.12. The van der Waals surface area contributed by atoms with Gasteiger partial charge in [0, 0.05) is 18.8 Å². The van der Waals surface area contributed by atoms with Crippen LogP contribution in [0.2, 0.25) is 0 Å². The SMILES string of the molecule is CC(C)(C)OC(=O)[C@@](Cc1ccccc1)(N=S)C(=O)O. The highest BCUT2D eigenvalue weighted by Crippen LogP contribution is 2.23. The first-order valence-corrected chi connectivity index (χ1v) is 6.43. The number of carbonyl (C=O) groups is 2. The molecule has 1 rings (SSSR count). The molecule has 1 atom stereocenters. The van der Waals surface area contributed by atoms with E-state index in [0.29, 0.717) is 5.56 Å². The van der Waals surface area contributed by atoms with Gasteiger partial charge in [0.15, 0.2) is 0 Å². The Morgan fingerprint density at radius 1 is 1.25 bits per heavy atom. The molecule has 0 saturated carbocycles. The van der Waals surface area contributed by atoms with Crippen LogP contribution in [0, 0.1) is 0 Å². The molecule has 0 fully saturated rings. The van der Waals surface area contributed by atoms with Crippen molar-refractivity contribution in [3.05, 3.63) is 35.9 Å². The molecule has 0 saturated heterocycles. The predicted molar refractivity (Wildman–Crippen MR) is 76.2 cm³/mol. The average molecular weight is 295 g/mol. The third-order valence-electron chi connectivity index (χ3n) is 2.55. The number of ether oxygens (including phenoxy) is 1. The Kier molecular flexibility index (Phi) is 4.94. The zero-order valence-electron chi connectivity index (χ0n) is 11.6. The number of hydrogen-bond acceptors (Lipinski definition) is 5. The molecule has 0 aliphatic carbocycles. The third-order valence-corrected chi connectivity index (χ3v) is 2.86. The van der Waals surface area contributed by atoms with Gasteiger partial charge in [-0.25, -0.2) is 9.59 Å². The molecule has 20 heavy (non-hydrogen) atoms. The number of carbonyl (C=O) groups excluding carboxylic acids is 1. The summed E-state index contributed by atoms with van der Waals surface area (Å²) in [6.45, 7) is 4.97. The Morgan fingerprint density at radius 2 is 1.80 bits per heavy atom. The number of aliphatic carboxylic acids is 1. The maximum Gasteiger partial charge on any atom is 0.347 e. The summed E-state index contributed by atoms with van der Waals surface area (Å²) in [5.41, 5.74) is -2.26. The standard InChI is InChI=1S/C14H17NO4S/c1-13(2,3)19-12(18)14(15-20,11(16)17)9-10-7-5-4-6-8-10/h4-8H,9H2,1-3H3,(H,16,17)/t14-/m0/s1. The molecule has 0 spiro atoms. The van der Waals surface area contributed by atoms with E-state index in [1.54, 1.807) is 51.1 Å². The minimum Gasteiger partial charge on any atom is -0.479 e. The van der Waals surface area contributed by atoms with Gasteiger partial charge in [-0.15, -0.1) is 0 Å². The van der Waals surface area contributed by atoms with Crippen molar-refractivity contribution in [1.82, 2.24) is 0 Å². The van der Waals surface area contributed by atoms with E-state index in [0.717, 1.165) is 0 Å². The van der Waals surface area contributed by atoms with Crippen molar-refractivity contribution in [2.45, 2.75) is 38.3 Å². The summed E-state index contributed by atoms with van der Waals surface area (Å²) < 4.78 is 8.56. The van der Waals surface area contributed by atoms with Crippen LogP contribution in [0.25, 0.3) is 0 Å². The first-order chi connectivity index (χ1) is 9.21. The fraction of sp³-hybridized carbons (Fsp3) is 0.429. The Morgan fingerprint density at radius 3 is 2.20 bits per heavy atom. The summed E-state index contributed by atoms with van der Waals surface area (Å²) in [6, 6.07) is 8.72. The van der Waals surface area contributed by atoms with E-state index < -0.39 is 23.1 Å². The zero-order chi connectivity index (χ0) is 15.4. The number of nitrogens with zero attached hydrogens (tertiary/aromatic N) is 1. The van der Waals surface area contributed by atoms with E-state index in [1.807, 2.05) is 0 Å². The van der Waals surface area contributed by atoms with Crippen LogP contribution in [0.1, 0.15) is 26.3 Å². The molecule has 5 nitrogen and oxygen atoms in total. The smallest absolute Gasteiger partial charge is 0.347 e. The van der Waals surface area contributed by atoms with Crippen molar-refractivity contribution in [2.75, 3.05) is 0 Å². The van der Waals surface area contributed by atoms with Crippen LogP contribution in [0.15, 0.2) is 34.7 Å². The van der Waals surface area contributed by atoms with Crippen LogP contribution in [0.4, 0.5) is 0 Å². The summed E-state index contributed by atoms with van der Waals surface area (Å²) >= 11 is 4.57. The van der Waals surface area contributed by atoms with Gasteiger partial charge in [-0.3, -0.25) is 0 Å². The van der Waals surface area contributed by atoms with Crippen LogP contribution in [0.5, 0.6) is 0 Å². The molecule has 0 aromatic heterocycles. The average Bonchev–Trinajstić information content (AvgIpc) is 2.34. The molecule has 6 heteroatoms. The fourth-order valence-corrected chi connectivity index (χ4v) is 1.81. The van der Waals surface area contributed by atoms with E-state index in [-0.39, 0.29) is 6.42 Å². The Balaban J connectivity index is 3.13. The van der Waals surface area contributed by atoms with E-state index >= 15 is 0 Å². The minimum absolute atomic E-state index is 0.137. The second-order valence-corrected chi connectivity index (χ2v) is 5.60. The molecule has 0 bridgehead atoms. The second kappa shape index (κ2) is 6.09. The first-order valence-electron chi connectivity index (χ1n) is 6.06. The molecule has 108 valence electrons. The normalized spacial score (nSPS) is 14.2. The van der Waals surface area contributed by atoms with Crippen LogP contribution < -0.4 is 0 Å². The quantitative estimate of drug-likeness (QED) is 0.665. The van der Waals surface area contributed by atoms with Gasteiger partial charge in [-0.1, -0.05) is 30.3 Å². The van der Waals surface area contributed by atoms with Crippen molar-refractivity contribution in [3.8, 4) is 0 Å². The van der Waals surface area contributed by atoms with Crippen molar-refractivity contribution >= 4 is 24.4 Å². The molecular weight excluding hydrogens is 278 g/mol. The highest BCUT2D eigenvalue weighted by atomic mass is 32.1. The Bertz CT molecular complexity index is 510. The lowest BCUT2D eigenvalue weighted by Crippen LogP contribution is -2.49. The van der Waals surface area contributed by atoms with Crippen molar-refractivity contribution in [1.29, 1.82) is 0 Å². The highest BCUT2D eigenvalue weighted by Gasteiger charge is 2.49. The van der Waals surface area contributed by atoms with Crippen molar-refractivity contribution in [2.24, 2.45) is 4.36 Å². The van der Waals surface area contributed by atoms with Gasteiger partial charge in [0.2, 0.25) is 0 Å². The monoisotopic (exact) mass is 295 g/mol. The van der Waals surface area contributed by atoms with Gasteiger partial charge in [0.05, 0.1) is 0 Å². The maximum atomic E-state index is 12.2. The van der Waals surface area contributed by atoms with Crippen molar-refractivity contribution < 1.29 is 19.4 Å². The molecule has 1 aromatic rings. The number of hydrogen-bond donors (Lipinski definition) is 1. The van der Waals surface area contributed by atoms with Crippen molar-refractivity contribution in [3.63, 3.8) is 0 Å². The van der Waals surface area contributed by atoms with E-state index in [1.165, 1.54) is 0 Å². The summed E-state index contributed by atoms with van der Waals surface area (Å²) in [6.07, 6.45) is -0.137. The Labute approximate surface area is 123 Å². The van der Waals surface area contributed by atoms with E-state index in [2.05, 4.69) is 16.8 Å². The van der Waals surface area contributed by atoms with E-state index in [9.17, 15) is 14.7 Å². The van der Waals surface area contributed by atoms with E-state index in [4.69, 9.17) is 4.74 Å². The van der Waals surface area contributed by atoms with Crippen LogP contribution in [-0.4, -0.2) is 28.2 Å². The number of esters is 1. The summed E-state index contributed by atoms with van der Waals surface area (Å²) in [5.74, 6) is -2.36. The lowest BCUT2D eigenvalue weighted by molar-refractivity contribution is -0.168. The summed E-state index contributed by atoms with van der Waals surface area (Å²) in [5, 5.41) is 9.39. The van der Waals surface area contributed by atoms with Gasteiger partial charge in [-0.2, -0.15) is 4.36 Å². The lowest BCUT2D eigenvalue weighted by atomic mass is 9.91. The molecule has 0 heterocycles. The van der Waals surface area contributed by atoms with Gasteiger partial charge >= 0.3 is 11.9 Å². The highest BCUT2D eigenvalue weighted by molar-refractivity contribution is 7.47. The van der Waals surface area contributed by atoms with Crippen LogP contribution >= 0.6 is 0 Å². The number of carboxylic acids is 1. The van der Waals surface area contributed by atoms with Crippen LogP contribution in [0.3, 0.4) is 0 Å². The number of rotatable bonds is 5. The number of benzene rings is 1. The summed E-state index contributed by atoms with van der Waals surface area (Å²) in [7, 11) is 0. The van der Waals surface area contributed by atoms with Gasteiger partial charge in [0.1, 0.15) is 5.60 Å². The topological polar surface area (TPSA) is 76.0 Å². The molecule has 1 N–H and O–H groups in total. The molecule has 0 aliphatic rings. The maximum absolute atomic E-state index is 12.2. The first kappa shape index (κ1) is 16.2. The van der Waals surface area contributed by atoms with Gasteiger partial charge in [0.25, 0.3) is 5.54 Å². The van der Waals surface area contributed by atoms with Gasteiger partial charge < -0.3 is 9.84 Å². The van der Waals surface area contributed by atoms with Crippen LogP contribution in [-0.2, 0) is 33.2 Å². The lowest BCUT2D eigenvalue weighted by Gasteiger charge is -2.27. The largest absolute Gasteiger partial charge is 0.479 e.